The molecule has 8 nitrogen and oxygen atoms in total. The van der Waals surface area contributed by atoms with Crippen LogP contribution in [-0.4, -0.2) is 71.0 Å². The molecule has 3 heterocycles. The molecule has 1 aliphatic heterocycles. The van der Waals surface area contributed by atoms with E-state index in [4.69, 9.17) is 4.42 Å². The van der Waals surface area contributed by atoms with Gasteiger partial charge in [-0.25, -0.2) is 4.98 Å². The lowest BCUT2D eigenvalue weighted by molar-refractivity contribution is 0.0658. The van der Waals surface area contributed by atoms with Crippen molar-refractivity contribution < 1.29 is 9.21 Å². The van der Waals surface area contributed by atoms with Crippen molar-refractivity contribution in [3.8, 4) is 0 Å². The molecule has 0 bridgehead atoms. The van der Waals surface area contributed by atoms with Gasteiger partial charge >= 0.3 is 0 Å². The average Bonchev–Trinajstić information content (AvgIpc) is 3.50. The van der Waals surface area contributed by atoms with Gasteiger partial charge in [-0.15, -0.1) is 24.0 Å². The van der Waals surface area contributed by atoms with E-state index in [1.54, 1.807) is 19.2 Å². The second-order valence-corrected chi connectivity index (χ2v) is 7.44. The predicted octanol–water partition coefficient (Wildman–Crippen LogP) is 2.72. The standard InChI is InChI=1S/C23H28N6O2.HI/c1-24-23(28-15-13-27(14-16-28)22(30)20-8-5-17-31-20)26-10-9-21-25-11-12-29(21)18-19-6-3-2-4-7-19;/h2-8,11-12,17H,9-10,13-16,18H2,1H3,(H,24,26);1H. The molecule has 1 N–H and O–H groups in total. The number of carbonyl (C=O) groups is 1. The Kier molecular flexibility index (Phi) is 8.72. The highest BCUT2D eigenvalue weighted by molar-refractivity contribution is 14.0. The summed E-state index contributed by atoms with van der Waals surface area (Å²) in [6.07, 6.45) is 6.20. The van der Waals surface area contributed by atoms with Crippen LogP contribution in [0.2, 0.25) is 0 Å². The highest BCUT2D eigenvalue weighted by Crippen LogP contribution is 2.10. The Morgan fingerprint density at radius 1 is 1.09 bits per heavy atom. The highest BCUT2D eigenvalue weighted by atomic mass is 127. The molecular formula is C23H29IN6O2. The monoisotopic (exact) mass is 548 g/mol. The van der Waals surface area contributed by atoms with E-state index < -0.39 is 0 Å². The highest BCUT2D eigenvalue weighted by Gasteiger charge is 2.25. The topological polar surface area (TPSA) is 78.9 Å². The summed E-state index contributed by atoms with van der Waals surface area (Å²) in [6, 6.07) is 13.8. The first-order valence-corrected chi connectivity index (χ1v) is 10.6. The molecule has 1 fully saturated rings. The number of furan rings is 1. The number of nitrogens with one attached hydrogen (secondary N) is 1. The van der Waals surface area contributed by atoms with Gasteiger partial charge in [-0.2, -0.15) is 0 Å². The number of guanidine groups is 1. The quantitative estimate of drug-likeness (QED) is 0.291. The van der Waals surface area contributed by atoms with Gasteiger partial charge in [-0.3, -0.25) is 9.79 Å². The molecule has 32 heavy (non-hydrogen) atoms. The summed E-state index contributed by atoms with van der Waals surface area (Å²) >= 11 is 0. The van der Waals surface area contributed by atoms with Gasteiger partial charge < -0.3 is 24.1 Å². The Morgan fingerprint density at radius 2 is 1.84 bits per heavy atom. The predicted molar refractivity (Wildman–Crippen MR) is 134 cm³/mol. The van der Waals surface area contributed by atoms with Crippen molar-refractivity contribution in [2.24, 2.45) is 4.99 Å². The smallest absolute Gasteiger partial charge is 0.289 e. The van der Waals surface area contributed by atoms with Crippen LogP contribution in [0.1, 0.15) is 21.9 Å². The minimum absolute atomic E-state index is 0. The number of benzene rings is 1. The molecule has 2 aromatic heterocycles. The number of imidazole rings is 1. The third kappa shape index (κ3) is 5.90. The van der Waals surface area contributed by atoms with Crippen LogP contribution in [0.15, 0.2) is 70.5 Å². The number of carbonyl (C=O) groups excluding carboxylic acids is 1. The van der Waals surface area contributed by atoms with Crippen molar-refractivity contribution in [3.63, 3.8) is 0 Å². The zero-order valence-electron chi connectivity index (χ0n) is 18.2. The van der Waals surface area contributed by atoms with Crippen molar-refractivity contribution in [2.75, 3.05) is 39.8 Å². The van der Waals surface area contributed by atoms with Crippen molar-refractivity contribution in [1.82, 2.24) is 24.7 Å². The summed E-state index contributed by atoms with van der Waals surface area (Å²) in [5, 5.41) is 3.44. The normalized spacial score (nSPS) is 14.2. The van der Waals surface area contributed by atoms with Crippen LogP contribution in [0.5, 0.6) is 0 Å². The summed E-state index contributed by atoms with van der Waals surface area (Å²) < 4.78 is 7.41. The average molecular weight is 548 g/mol. The van der Waals surface area contributed by atoms with Crippen molar-refractivity contribution in [3.05, 3.63) is 78.3 Å². The molecule has 9 heteroatoms. The molecule has 0 radical (unpaired) electrons. The van der Waals surface area contributed by atoms with Crippen LogP contribution >= 0.6 is 24.0 Å². The zero-order chi connectivity index (χ0) is 21.5. The summed E-state index contributed by atoms with van der Waals surface area (Å²) in [4.78, 5) is 25.4. The van der Waals surface area contributed by atoms with Crippen molar-refractivity contribution >= 4 is 35.8 Å². The third-order valence-electron chi connectivity index (χ3n) is 5.44. The number of hydrogen-bond donors (Lipinski definition) is 1. The van der Waals surface area contributed by atoms with Crippen LogP contribution in [0.4, 0.5) is 0 Å². The lowest BCUT2D eigenvalue weighted by Gasteiger charge is -2.36. The van der Waals surface area contributed by atoms with Crippen molar-refractivity contribution in [1.29, 1.82) is 0 Å². The summed E-state index contributed by atoms with van der Waals surface area (Å²) in [5.74, 6) is 2.23. The fraction of sp³-hybridized carbons (Fsp3) is 0.348. The number of hydrogen-bond acceptors (Lipinski definition) is 4. The summed E-state index contributed by atoms with van der Waals surface area (Å²) in [5.41, 5.74) is 1.26. The van der Waals surface area contributed by atoms with Crippen LogP contribution in [0.25, 0.3) is 0 Å². The Hall–Kier alpha value is -2.82. The molecule has 1 aliphatic rings. The minimum atomic E-state index is -0.0575. The van der Waals surface area contributed by atoms with Crippen molar-refractivity contribution in [2.45, 2.75) is 13.0 Å². The van der Waals surface area contributed by atoms with Gasteiger partial charge in [0.15, 0.2) is 11.7 Å². The molecule has 0 aliphatic carbocycles. The van der Waals surface area contributed by atoms with Gasteiger partial charge in [0.25, 0.3) is 5.91 Å². The first-order valence-electron chi connectivity index (χ1n) is 10.6. The second kappa shape index (κ2) is 11.7. The fourth-order valence-corrected chi connectivity index (χ4v) is 3.79. The molecule has 1 amide bonds. The molecule has 3 aromatic rings. The first-order chi connectivity index (χ1) is 15.2. The summed E-state index contributed by atoms with van der Waals surface area (Å²) in [7, 11) is 1.79. The van der Waals surface area contributed by atoms with Gasteiger partial charge in [0.2, 0.25) is 0 Å². The molecule has 0 atom stereocenters. The second-order valence-electron chi connectivity index (χ2n) is 7.44. The lowest BCUT2D eigenvalue weighted by Crippen LogP contribution is -2.54. The molecule has 1 aromatic carbocycles. The number of aliphatic imine (C=N–C) groups is 1. The molecule has 0 saturated carbocycles. The van der Waals surface area contributed by atoms with Gasteiger partial charge in [-0.1, -0.05) is 30.3 Å². The zero-order valence-corrected chi connectivity index (χ0v) is 20.5. The van der Waals surface area contributed by atoms with E-state index in [-0.39, 0.29) is 29.9 Å². The van der Waals surface area contributed by atoms with E-state index in [0.717, 1.165) is 44.4 Å². The first kappa shape index (κ1) is 23.8. The Morgan fingerprint density at radius 3 is 2.53 bits per heavy atom. The fourth-order valence-electron chi connectivity index (χ4n) is 3.79. The van der Waals surface area contributed by atoms with Gasteiger partial charge in [0.1, 0.15) is 5.82 Å². The molecule has 0 unspecified atom stereocenters. The number of amides is 1. The molecule has 4 rings (SSSR count). The number of halogens is 1. The van der Waals surface area contributed by atoms with Crippen LogP contribution < -0.4 is 5.32 Å². The van der Waals surface area contributed by atoms with Gasteiger partial charge in [0, 0.05) is 65.1 Å². The van der Waals surface area contributed by atoms with Crippen LogP contribution in [0, 0.1) is 0 Å². The van der Waals surface area contributed by atoms with Gasteiger partial charge in [0.05, 0.1) is 6.26 Å². The van der Waals surface area contributed by atoms with E-state index in [2.05, 4.69) is 49.0 Å². The number of aromatic nitrogens is 2. The Bertz CT molecular complexity index is 995. The third-order valence-corrected chi connectivity index (χ3v) is 5.44. The SMILES string of the molecule is CN=C(NCCc1nccn1Cc1ccccc1)N1CCN(C(=O)c2ccco2)CC1.I. The van der Waals surface area contributed by atoms with E-state index in [9.17, 15) is 4.79 Å². The minimum Gasteiger partial charge on any atom is -0.459 e. The van der Waals surface area contributed by atoms with E-state index in [1.807, 2.05) is 23.4 Å². The Balaban J connectivity index is 0.00000289. The van der Waals surface area contributed by atoms with E-state index in [1.165, 1.54) is 11.8 Å². The number of nitrogens with zero attached hydrogens (tertiary/aromatic N) is 5. The maximum atomic E-state index is 12.4. The van der Waals surface area contributed by atoms with Gasteiger partial charge in [-0.05, 0) is 17.7 Å². The molecule has 170 valence electrons. The largest absolute Gasteiger partial charge is 0.459 e. The van der Waals surface area contributed by atoms with E-state index >= 15 is 0 Å². The molecule has 0 spiro atoms. The maximum Gasteiger partial charge on any atom is 0.289 e. The molecular weight excluding hydrogens is 519 g/mol. The van der Waals surface area contributed by atoms with E-state index in [0.29, 0.717) is 18.8 Å². The maximum absolute atomic E-state index is 12.4. The van der Waals surface area contributed by atoms with Crippen LogP contribution in [-0.2, 0) is 13.0 Å². The lowest BCUT2D eigenvalue weighted by atomic mass is 10.2. The number of piperazine rings is 1. The van der Waals surface area contributed by atoms with Crippen LogP contribution in [0.3, 0.4) is 0 Å². The molecule has 1 saturated heterocycles. The summed E-state index contributed by atoms with van der Waals surface area (Å²) in [6.45, 7) is 4.30. The number of rotatable bonds is 6. The Labute approximate surface area is 205 Å².